The van der Waals surface area contributed by atoms with Crippen LogP contribution < -0.4 is 5.73 Å². The molecular formula is C12H15NO2. The second-order valence-corrected chi connectivity index (χ2v) is 4.14. The number of hydrogen-bond donors (Lipinski definition) is 2. The molecule has 1 aliphatic carbocycles. The quantitative estimate of drug-likeness (QED) is 0.685. The summed E-state index contributed by atoms with van der Waals surface area (Å²) in [5.74, 6) is -0.920. The Balaban J connectivity index is 2.55. The molecule has 0 aliphatic heterocycles. The van der Waals surface area contributed by atoms with Crippen molar-refractivity contribution in [2.45, 2.75) is 31.2 Å². The molecule has 0 bridgehead atoms. The number of nitrogens with two attached hydrogens (primary N) is 1. The average Bonchev–Trinajstić information content (AvgIpc) is 2.40. The molecule has 1 atom stereocenters. The van der Waals surface area contributed by atoms with Crippen molar-refractivity contribution in [3.63, 3.8) is 0 Å². The first-order valence-corrected chi connectivity index (χ1v) is 5.25. The summed E-state index contributed by atoms with van der Waals surface area (Å²) >= 11 is 0. The minimum atomic E-state index is -1.19. The molecule has 0 amide bonds. The SMILES string of the molecule is N[C@]1(C(=O)O)CCCCc2ccccc21. The van der Waals surface area contributed by atoms with Gasteiger partial charge in [0.15, 0.2) is 0 Å². The molecule has 3 heteroatoms. The molecule has 0 heterocycles. The van der Waals surface area contributed by atoms with Gasteiger partial charge < -0.3 is 10.8 Å². The number of aliphatic carboxylic acids is 1. The van der Waals surface area contributed by atoms with Crippen LogP contribution in [0.3, 0.4) is 0 Å². The third-order valence-corrected chi connectivity index (χ3v) is 3.15. The van der Waals surface area contributed by atoms with Crippen molar-refractivity contribution in [3.8, 4) is 0 Å². The van der Waals surface area contributed by atoms with Crippen LogP contribution in [0.4, 0.5) is 0 Å². The molecule has 0 spiro atoms. The van der Waals surface area contributed by atoms with Crippen LogP contribution in [0.15, 0.2) is 24.3 Å². The van der Waals surface area contributed by atoms with E-state index >= 15 is 0 Å². The number of carboxylic acids is 1. The van der Waals surface area contributed by atoms with Gasteiger partial charge in [-0.15, -0.1) is 0 Å². The largest absolute Gasteiger partial charge is 0.480 e. The topological polar surface area (TPSA) is 63.3 Å². The van der Waals surface area contributed by atoms with Crippen LogP contribution in [0.5, 0.6) is 0 Å². The first kappa shape index (κ1) is 10.2. The molecule has 2 rings (SSSR count). The van der Waals surface area contributed by atoms with Gasteiger partial charge in [0.25, 0.3) is 0 Å². The number of hydrogen-bond acceptors (Lipinski definition) is 2. The Morgan fingerprint density at radius 2 is 2.07 bits per heavy atom. The predicted molar refractivity (Wildman–Crippen MR) is 57.5 cm³/mol. The highest BCUT2D eigenvalue weighted by Crippen LogP contribution is 2.32. The van der Waals surface area contributed by atoms with Crippen LogP contribution in [0, 0.1) is 0 Å². The minimum Gasteiger partial charge on any atom is -0.480 e. The zero-order chi connectivity index (χ0) is 10.9. The van der Waals surface area contributed by atoms with E-state index in [9.17, 15) is 9.90 Å². The fourth-order valence-electron chi connectivity index (χ4n) is 2.25. The van der Waals surface area contributed by atoms with Crippen molar-refractivity contribution in [2.75, 3.05) is 0 Å². The van der Waals surface area contributed by atoms with Gasteiger partial charge >= 0.3 is 5.97 Å². The average molecular weight is 205 g/mol. The number of rotatable bonds is 1. The lowest BCUT2D eigenvalue weighted by atomic mass is 9.85. The Bertz CT molecular complexity index is 389. The van der Waals surface area contributed by atoms with Gasteiger partial charge in [-0.25, -0.2) is 4.79 Å². The van der Waals surface area contributed by atoms with Crippen molar-refractivity contribution in [2.24, 2.45) is 5.73 Å². The van der Waals surface area contributed by atoms with E-state index in [1.54, 1.807) is 0 Å². The Morgan fingerprint density at radius 1 is 1.33 bits per heavy atom. The van der Waals surface area contributed by atoms with E-state index in [-0.39, 0.29) is 0 Å². The zero-order valence-electron chi connectivity index (χ0n) is 8.57. The molecule has 0 radical (unpaired) electrons. The predicted octanol–water partition coefficient (Wildman–Crippen LogP) is 1.65. The summed E-state index contributed by atoms with van der Waals surface area (Å²) in [5, 5.41) is 9.24. The fraction of sp³-hybridized carbons (Fsp3) is 0.417. The lowest BCUT2D eigenvalue weighted by Gasteiger charge is -2.25. The molecule has 0 unspecified atom stereocenters. The zero-order valence-corrected chi connectivity index (χ0v) is 8.57. The molecule has 0 aromatic heterocycles. The molecule has 3 N–H and O–H groups in total. The van der Waals surface area contributed by atoms with E-state index in [4.69, 9.17) is 5.73 Å². The van der Waals surface area contributed by atoms with E-state index in [1.807, 2.05) is 24.3 Å². The smallest absolute Gasteiger partial charge is 0.328 e. The Morgan fingerprint density at radius 3 is 2.80 bits per heavy atom. The van der Waals surface area contributed by atoms with Crippen LogP contribution in [-0.4, -0.2) is 11.1 Å². The van der Waals surface area contributed by atoms with Gasteiger partial charge in [0.2, 0.25) is 0 Å². The van der Waals surface area contributed by atoms with Gasteiger partial charge in [-0.3, -0.25) is 0 Å². The van der Waals surface area contributed by atoms with Crippen LogP contribution in [0.25, 0.3) is 0 Å². The van der Waals surface area contributed by atoms with E-state index in [0.717, 1.165) is 30.4 Å². The van der Waals surface area contributed by atoms with Crippen LogP contribution in [0.2, 0.25) is 0 Å². The Labute approximate surface area is 88.9 Å². The molecule has 0 saturated heterocycles. The summed E-state index contributed by atoms with van der Waals surface area (Å²) in [6.07, 6.45) is 3.35. The van der Waals surface area contributed by atoms with E-state index < -0.39 is 11.5 Å². The third-order valence-electron chi connectivity index (χ3n) is 3.15. The van der Waals surface area contributed by atoms with Gasteiger partial charge in [0, 0.05) is 0 Å². The normalized spacial score (nSPS) is 25.4. The molecule has 1 aromatic rings. The van der Waals surface area contributed by atoms with E-state index in [1.165, 1.54) is 0 Å². The maximum absolute atomic E-state index is 11.3. The second kappa shape index (κ2) is 3.66. The lowest BCUT2D eigenvalue weighted by Crippen LogP contribution is -2.44. The van der Waals surface area contributed by atoms with Crippen molar-refractivity contribution >= 4 is 5.97 Å². The molecule has 1 aromatic carbocycles. The van der Waals surface area contributed by atoms with Crippen molar-refractivity contribution < 1.29 is 9.90 Å². The van der Waals surface area contributed by atoms with Crippen molar-refractivity contribution in [1.29, 1.82) is 0 Å². The minimum absolute atomic E-state index is 0.527. The van der Waals surface area contributed by atoms with Gasteiger partial charge in [-0.1, -0.05) is 30.7 Å². The van der Waals surface area contributed by atoms with Crippen molar-refractivity contribution in [3.05, 3.63) is 35.4 Å². The Hall–Kier alpha value is -1.35. The number of carbonyl (C=O) groups is 1. The second-order valence-electron chi connectivity index (χ2n) is 4.14. The maximum Gasteiger partial charge on any atom is 0.328 e. The van der Waals surface area contributed by atoms with Crippen LogP contribution in [0.1, 0.15) is 30.4 Å². The molecule has 3 nitrogen and oxygen atoms in total. The summed E-state index contributed by atoms with van der Waals surface area (Å²) in [6.45, 7) is 0. The summed E-state index contributed by atoms with van der Waals surface area (Å²) in [5.41, 5.74) is 6.70. The first-order chi connectivity index (χ1) is 7.14. The Kier molecular flexibility index (Phi) is 2.49. The van der Waals surface area contributed by atoms with E-state index in [0.29, 0.717) is 6.42 Å². The van der Waals surface area contributed by atoms with Crippen molar-refractivity contribution in [1.82, 2.24) is 0 Å². The van der Waals surface area contributed by atoms with Gasteiger partial charge in [-0.05, 0) is 30.4 Å². The molecule has 1 aliphatic rings. The third kappa shape index (κ3) is 1.63. The summed E-state index contributed by atoms with van der Waals surface area (Å²) < 4.78 is 0. The number of aryl methyl sites for hydroxylation is 1. The lowest BCUT2D eigenvalue weighted by molar-refractivity contribution is -0.144. The van der Waals surface area contributed by atoms with Crippen LogP contribution >= 0.6 is 0 Å². The van der Waals surface area contributed by atoms with Gasteiger partial charge in [0.1, 0.15) is 5.54 Å². The molecule has 80 valence electrons. The summed E-state index contributed by atoms with van der Waals surface area (Å²) in [7, 11) is 0. The molecule has 15 heavy (non-hydrogen) atoms. The standard InChI is InChI=1S/C12H15NO2/c13-12(11(14)15)8-4-3-6-9-5-1-2-7-10(9)12/h1-2,5,7H,3-4,6,8,13H2,(H,14,15)/t12-/m1/s1. The highest BCUT2D eigenvalue weighted by atomic mass is 16.4. The summed E-state index contributed by atoms with van der Waals surface area (Å²) in [6, 6.07) is 7.61. The monoisotopic (exact) mass is 205 g/mol. The number of carboxylic acid groups (broad SMARTS) is 1. The molecule has 0 fully saturated rings. The van der Waals surface area contributed by atoms with E-state index in [2.05, 4.69) is 0 Å². The van der Waals surface area contributed by atoms with Gasteiger partial charge in [-0.2, -0.15) is 0 Å². The number of fused-ring (bicyclic) bond motifs is 1. The maximum atomic E-state index is 11.3. The summed E-state index contributed by atoms with van der Waals surface area (Å²) in [4.78, 5) is 11.3. The molecule has 0 saturated carbocycles. The van der Waals surface area contributed by atoms with Crippen LogP contribution in [-0.2, 0) is 16.8 Å². The number of benzene rings is 1. The van der Waals surface area contributed by atoms with Gasteiger partial charge in [0.05, 0.1) is 0 Å². The highest BCUT2D eigenvalue weighted by Gasteiger charge is 2.38. The molecular weight excluding hydrogens is 190 g/mol. The highest BCUT2D eigenvalue weighted by molar-refractivity contribution is 5.81. The fourth-order valence-corrected chi connectivity index (χ4v) is 2.25. The first-order valence-electron chi connectivity index (χ1n) is 5.25.